The van der Waals surface area contributed by atoms with Crippen LogP contribution >= 0.6 is 11.6 Å². The van der Waals surface area contributed by atoms with Gasteiger partial charge >= 0.3 is 6.01 Å². The van der Waals surface area contributed by atoms with E-state index < -0.39 is 0 Å². The second-order valence-corrected chi connectivity index (χ2v) is 3.66. The summed E-state index contributed by atoms with van der Waals surface area (Å²) in [6.07, 6.45) is 1.62. The van der Waals surface area contributed by atoms with E-state index in [1.807, 2.05) is 19.2 Å². The summed E-state index contributed by atoms with van der Waals surface area (Å²) in [6, 6.07) is 3.88. The maximum atomic E-state index is 5.76. The van der Waals surface area contributed by atoms with Crippen molar-refractivity contribution in [3.63, 3.8) is 0 Å². The van der Waals surface area contributed by atoms with Gasteiger partial charge in [0.2, 0.25) is 11.2 Å². The van der Waals surface area contributed by atoms with Crippen LogP contribution in [0.15, 0.2) is 22.8 Å². The molecule has 0 radical (unpaired) electrons. The molecule has 0 fully saturated rings. The largest absolute Gasteiger partial charge is 0.467 e. The molecule has 0 saturated heterocycles. The Morgan fingerprint density at radius 1 is 1.41 bits per heavy atom. The summed E-state index contributed by atoms with van der Waals surface area (Å²) in [5.41, 5.74) is 0. The topological polar surface area (TPSA) is 64.3 Å². The van der Waals surface area contributed by atoms with Gasteiger partial charge in [-0.1, -0.05) is 0 Å². The highest BCUT2D eigenvalue weighted by molar-refractivity contribution is 6.28. The van der Waals surface area contributed by atoms with E-state index in [-0.39, 0.29) is 11.3 Å². The van der Waals surface area contributed by atoms with Gasteiger partial charge in [0.25, 0.3) is 0 Å². The first kappa shape index (κ1) is 11.7. The van der Waals surface area contributed by atoms with Crippen molar-refractivity contribution in [2.45, 2.75) is 6.54 Å². The molecular formula is C10H11ClN4O2. The summed E-state index contributed by atoms with van der Waals surface area (Å²) >= 11 is 5.76. The zero-order valence-electron chi connectivity index (χ0n) is 9.42. The molecule has 2 aromatic heterocycles. The average Bonchev–Trinajstić information content (AvgIpc) is 2.81. The Morgan fingerprint density at radius 2 is 2.24 bits per heavy atom. The van der Waals surface area contributed by atoms with E-state index in [0.29, 0.717) is 12.5 Å². The van der Waals surface area contributed by atoms with Gasteiger partial charge in [0, 0.05) is 7.05 Å². The van der Waals surface area contributed by atoms with E-state index >= 15 is 0 Å². The van der Waals surface area contributed by atoms with Crippen LogP contribution in [0.1, 0.15) is 5.76 Å². The van der Waals surface area contributed by atoms with Gasteiger partial charge in [0.05, 0.1) is 19.9 Å². The molecule has 0 aliphatic rings. The van der Waals surface area contributed by atoms with E-state index in [0.717, 1.165) is 5.76 Å². The second kappa shape index (κ2) is 5.01. The van der Waals surface area contributed by atoms with Crippen LogP contribution in [0.3, 0.4) is 0 Å². The number of rotatable bonds is 4. The van der Waals surface area contributed by atoms with Crippen LogP contribution in [0, 0.1) is 0 Å². The fourth-order valence-corrected chi connectivity index (χ4v) is 1.44. The lowest BCUT2D eigenvalue weighted by molar-refractivity contribution is 0.378. The van der Waals surface area contributed by atoms with E-state index in [1.165, 1.54) is 7.11 Å². The molecule has 0 saturated carbocycles. The van der Waals surface area contributed by atoms with Gasteiger partial charge < -0.3 is 14.1 Å². The zero-order valence-corrected chi connectivity index (χ0v) is 10.2. The monoisotopic (exact) mass is 254 g/mol. The Labute approximate surface area is 103 Å². The van der Waals surface area contributed by atoms with Crippen molar-refractivity contribution in [3.8, 4) is 6.01 Å². The lowest BCUT2D eigenvalue weighted by Gasteiger charge is -2.15. The summed E-state index contributed by atoms with van der Waals surface area (Å²) in [7, 11) is 3.30. The lowest BCUT2D eigenvalue weighted by Crippen LogP contribution is -2.19. The molecule has 0 unspecified atom stereocenters. The number of hydrogen-bond donors (Lipinski definition) is 0. The zero-order chi connectivity index (χ0) is 12.3. The van der Waals surface area contributed by atoms with Crippen molar-refractivity contribution < 1.29 is 9.15 Å². The van der Waals surface area contributed by atoms with Crippen molar-refractivity contribution in [3.05, 3.63) is 29.4 Å². The molecule has 0 aromatic carbocycles. The Balaban J connectivity index is 2.18. The van der Waals surface area contributed by atoms with Crippen LogP contribution in [-0.2, 0) is 6.54 Å². The predicted molar refractivity (Wildman–Crippen MR) is 62.2 cm³/mol. The minimum atomic E-state index is 0.0955. The van der Waals surface area contributed by atoms with Crippen molar-refractivity contribution >= 4 is 17.5 Å². The minimum Gasteiger partial charge on any atom is -0.467 e. The minimum absolute atomic E-state index is 0.0955. The molecule has 0 spiro atoms. The van der Waals surface area contributed by atoms with E-state index in [4.69, 9.17) is 20.8 Å². The fourth-order valence-electron chi connectivity index (χ4n) is 1.29. The molecule has 0 amide bonds. The summed E-state index contributed by atoms with van der Waals surface area (Å²) < 4.78 is 10.2. The van der Waals surface area contributed by atoms with Gasteiger partial charge in [0.1, 0.15) is 5.76 Å². The van der Waals surface area contributed by atoms with Gasteiger partial charge in [-0.05, 0) is 23.7 Å². The van der Waals surface area contributed by atoms with Crippen LogP contribution in [-0.4, -0.2) is 29.1 Å². The first-order valence-electron chi connectivity index (χ1n) is 4.88. The molecule has 0 atom stereocenters. The summed E-state index contributed by atoms with van der Waals surface area (Å²) in [5, 5.41) is 0.0955. The number of nitrogens with zero attached hydrogens (tertiary/aromatic N) is 4. The molecule has 7 heteroatoms. The third-order valence-electron chi connectivity index (χ3n) is 2.07. The summed E-state index contributed by atoms with van der Waals surface area (Å²) in [4.78, 5) is 13.7. The van der Waals surface area contributed by atoms with E-state index in [1.54, 1.807) is 11.2 Å². The highest BCUT2D eigenvalue weighted by Crippen LogP contribution is 2.15. The molecule has 0 bridgehead atoms. The highest BCUT2D eigenvalue weighted by atomic mass is 35.5. The summed E-state index contributed by atoms with van der Waals surface area (Å²) in [5.74, 6) is 1.24. The number of hydrogen-bond acceptors (Lipinski definition) is 6. The molecule has 0 aliphatic carbocycles. The second-order valence-electron chi connectivity index (χ2n) is 3.33. The van der Waals surface area contributed by atoms with Gasteiger partial charge in [0.15, 0.2) is 0 Å². The molecular weight excluding hydrogens is 244 g/mol. The Bertz CT molecular complexity index is 489. The summed E-state index contributed by atoms with van der Waals surface area (Å²) in [6.45, 7) is 0.538. The quantitative estimate of drug-likeness (QED) is 0.828. The molecule has 17 heavy (non-hydrogen) atoms. The lowest BCUT2D eigenvalue weighted by atomic mass is 10.4. The highest BCUT2D eigenvalue weighted by Gasteiger charge is 2.11. The van der Waals surface area contributed by atoms with Crippen LogP contribution in [0.5, 0.6) is 6.01 Å². The SMILES string of the molecule is COc1nc(Cl)nc(N(C)Cc2ccco2)n1. The third-order valence-corrected chi connectivity index (χ3v) is 2.24. The fraction of sp³-hybridized carbons (Fsp3) is 0.300. The molecule has 2 heterocycles. The van der Waals surface area contributed by atoms with Gasteiger partial charge in [-0.25, -0.2) is 0 Å². The first-order valence-corrected chi connectivity index (χ1v) is 5.26. The number of halogens is 1. The molecule has 2 aromatic rings. The maximum absolute atomic E-state index is 5.76. The van der Waals surface area contributed by atoms with Gasteiger partial charge in [-0.2, -0.15) is 15.0 Å². The normalized spacial score (nSPS) is 10.3. The first-order chi connectivity index (χ1) is 8.19. The predicted octanol–water partition coefficient (Wildman–Crippen LogP) is 1.76. The van der Waals surface area contributed by atoms with Crippen LogP contribution in [0.25, 0.3) is 0 Å². The van der Waals surface area contributed by atoms with Crippen molar-refractivity contribution in [2.75, 3.05) is 19.1 Å². The molecule has 90 valence electrons. The van der Waals surface area contributed by atoms with E-state index in [2.05, 4.69) is 15.0 Å². The van der Waals surface area contributed by atoms with Crippen molar-refractivity contribution in [1.29, 1.82) is 0 Å². The Hall–Kier alpha value is -1.82. The molecule has 0 N–H and O–H groups in total. The third kappa shape index (κ3) is 2.85. The Morgan fingerprint density at radius 3 is 2.88 bits per heavy atom. The smallest absolute Gasteiger partial charge is 0.322 e. The maximum Gasteiger partial charge on any atom is 0.322 e. The average molecular weight is 255 g/mol. The number of furan rings is 1. The molecule has 2 rings (SSSR count). The number of aromatic nitrogens is 3. The van der Waals surface area contributed by atoms with Crippen molar-refractivity contribution in [2.24, 2.45) is 0 Å². The van der Waals surface area contributed by atoms with Crippen LogP contribution in [0.2, 0.25) is 5.28 Å². The standard InChI is InChI=1S/C10H11ClN4O2/c1-15(6-7-4-3-5-17-7)9-12-8(11)13-10(14-9)16-2/h3-5H,6H2,1-2H3. The van der Waals surface area contributed by atoms with Gasteiger partial charge in [-0.3, -0.25) is 0 Å². The van der Waals surface area contributed by atoms with E-state index in [9.17, 15) is 0 Å². The van der Waals surface area contributed by atoms with Crippen LogP contribution < -0.4 is 9.64 Å². The number of methoxy groups -OCH3 is 1. The molecule has 6 nitrogen and oxygen atoms in total. The Kier molecular flexibility index (Phi) is 3.43. The van der Waals surface area contributed by atoms with Gasteiger partial charge in [-0.15, -0.1) is 0 Å². The van der Waals surface area contributed by atoms with Crippen LogP contribution in [0.4, 0.5) is 5.95 Å². The molecule has 0 aliphatic heterocycles. The number of ether oxygens (including phenoxy) is 1. The van der Waals surface area contributed by atoms with Crippen molar-refractivity contribution in [1.82, 2.24) is 15.0 Å². The number of anilines is 1.